The zero-order chi connectivity index (χ0) is 21.0. The largest absolute Gasteiger partial charge is 0.368 e. The number of carbonyl (C=O) groups excluding carboxylic acids is 1. The van der Waals surface area contributed by atoms with Gasteiger partial charge in [-0.3, -0.25) is 9.36 Å². The number of nitrogen functional groups attached to an aromatic ring is 1. The van der Waals surface area contributed by atoms with Crippen LogP contribution in [0.25, 0.3) is 0 Å². The Morgan fingerprint density at radius 2 is 1.86 bits per heavy atom. The van der Waals surface area contributed by atoms with Crippen molar-refractivity contribution < 1.29 is 13.2 Å². The summed E-state index contributed by atoms with van der Waals surface area (Å²) in [6, 6.07) is 5.62. The quantitative estimate of drug-likeness (QED) is 0.636. The molecule has 0 radical (unpaired) electrons. The highest BCUT2D eigenvalue weighted by molar-refractivity contribution is 7.99. The minimum Gasteiger partial charge on any atom is -0.368 e. The molecule has 2 heterocycles. The SMILES string of the molecule is CCSc1nnc(N)n1C(C)C(=O)Nc1ccc(S(=O)(=O)N2CCCCC2)cc1. The normalized spacial score (nSPS) is 16.5. The third kappa shape index (κ3) is 4.73. The van der Waals surface area contributed by atoms with Gasteiger partial charge in [-0.1, -0.05) is 25.1 Å². The van der Waals surface area contributed by atoms with E-state index in [9.17, 15) is 13.2 Å². The number of anilines is 2. The molecule has 1 aliphatic heterocycles. The fraction of sp³-hybridized carbons (Fsp3) is 0.500. The molecule has 0 saturated carbocycles. The first kappa shape index (κ1) is 21.6. The van der Waals surface area contributed by atoms with E-state index in [1.54, 1.807) is 23.6 Å². The fourth-order valence-electron chi connectivity index (χ4n) is 3.21. The van der Waals surface area contributed by atoms with Gasteiger partial charge in [0.05, 0.1) is 4.90 Å². The highest BCUT2D eigenvalue weighted by Crippen LogP contribution is 2.25. The van der Waals surface area contributed by atoms with Crippen LogP contribution in [0.2, 0.25) is 0 Å². The molecule has 1 aromatic carbocycles. The van der Waals surface area contributed by atoms with Gasteiger partial charge in [0, 0.05) is 18.8 Å². The number of aromatic nitrogens is 3. The molecule has 2 aromatic rings. The first-order valence-corrected chi connectivity index (χ1v) is 12.0. The first-order chi connectivity index (χ1) is 13.8. The Morgan fingerprint density at radius 1 is 1.21 bits per heavy atom. The standard InChI is InChI=1S/C18H26N6O3S2/c1-3-28-18-22-21-17(19)24(18)13(2)16(25)20-14-7-9-15(10-8-14)29(26,27)23-11-5-4-6-12-23/h7-10,13H,3-6,11-12H2,1-2H3,(H2,19,21)(H,20,25). The van der Waals surface area contributed by atoms with Crippen molar-refractivity contribution >= 4 is 39.3 Å². The number of rotatable bonds is 7. The number of nitrogens with one attached hydrogen (secondary N) is 1. The molecule has 11 heteroatoms. The number of amides is 1. The van der Waals surface area contributed by atoms with Crippen molar-refractivity contribution in [2.75, 3.05) is 29.9 Å². The van der Waals surface area contributed by atoms with Crippen LogP contribution < -0.4 is 11.1 Å². The van der Waals surface area contributed by atoms with Crippen molar-refractivity contribution in [1.29, 1.82) is 0 Å². The Morgan fingerprint density at radius 3 is 2.48 bits per heavy atom. The second-order valence-corrected chi connectivity index (χ2v) is 9.97. The summed E-state index contributed by atoms with van der Waals surface area (Å²) in [5.41, 5.74) is 6.38. The van der Waals surface area contributed by atoms with Crippen molar-refractivity contribution in [3.63, 3.8) is 0 Å². The van der Waals surface area contributed by atoms with Crippen LogP contribution in [0.4, 0.5) is 11.6 Å². The molecular weight excluding hydrogens is 412 g/mol. The fourth-order valence-corrected chi connectivity index (χ4v) is 5.47. The minimum absolute atomic E-state index is 0.173. The lowest BCUT2D eigenvalue weighted by Crippen LogP contribution is -2.35. The number of nitrogens with two attached hydrogens (primary N) is 1. The Labute approximate surface area is 175 Å². The zero-order valence-electron chi connectivity index (χ0n) is 16.5. The van der Waals surface area contributed by atoms with E-state index in [4.69, 9.17) is 5.73 Å². The van der Waals surface area contributed by atoms with Crippen LogP contribution in [0.5, 0.6) is 0 Å². The molecule has 0 aliphatic carbocycles. The lowest BCUT2D eigenvalue weighted by Gasteiger charge is -2.25. The van der Waals surface area contributed by atoms with Crippen molar-refractivity contribution in [3.05, 3.63) is 24.3 Å². The van der Waals surface area contributed by atoms with Crippen molar-refractivity contribution in [1.82, 2.24) is 19.1 Å². The van der Waals surface area contributed by atoms with E-state index in [0.717, 1.165) is 25.0 Å². The van der Waals surface area contributed by atoms with Gasteiger partial charge in [-0.25, -0.2) is 8.42 Å². The van der Waals surface area contributed by atoms with E-state index in [1.165, 1.54) is 28.2 Å². The molecule has 29 heavy (non-hydrogen) atoms. The van der Waals surface area contributed by atoms with Crippen LogP contribution in [-0.2, 0) is 14.8 Å². The average molecular weight is 439 g/mol. The molecule has 1 atom stereocenters. The lowest BCUT2D eigenvalue weighted by molar-refractivity contribution is -0.118. The number of benzene rings is 1. The van der Waals surface area contributed by atoms with Gasteiger partial charge >= 0.3 is 0 Å². The third-order valence-corrected chi connectivity index (χ3v) is 7.54. The summed E-state index contributed by atoms with van der Waals surface area (Å²) in [6.07, 6.45) is 2.83. The molecule has 3 N–H and O–H groups in total. The van der Waals surface area contributed by atoms with Gasteiger partial charge in [0.2, 0.25) is 21.9 Å². The van der Waals surface area contributed by atoms with Gasteiger partial charge < -0.3 is 11.1 Å². The highest BCUT2D eigenvalue weighted by atomic mass is 32.2. The van der Waals surface area contributed by atoms with Gasteiger partial charge in [0.25, 0.3) is 0 Å². The number of piperidine rings is 1. The zero-order valence-corrected chi connectivity index (χ0v) is 18.2. The number of hydrogen-bond acceptors (Lipinski definition) is 7. The van der Waals surface area contributed by atoms with E-state index < -0.39 is 16.1 Å². The van der Waals surface area contributed by atoms with Crippen LogP contribution in [0.15, 0.2) is 34.3 Å². The molecule has 9 nitrogen and oxygen atoms in total. The Hall–Kier alpha value is -2.11. The van der Waals surface area contributed by atoms with Crippen LogP contribution in [0.3, 0.4) is 0 Å². The predicted octanol–water partition coefficient (Wildman–Crippen LogP) is 2.35. The molecule has 158 valence electrons. The number of thioether (sulfide) groups is 1. The van der Waals surface area contributed by atoms with Crippen LogP contribution >= 0.6 is 11.8 Å². The molecule has 3 rings (SSSR count). The van der Waals surface area contributed by atoms with Gasteiger partial charge in [0.15, 0.2) is 5.16 Å². The smallest absolute Gasteiger partial charge is 0.247 e. The minimum atomic E-state index is -3.50. The number of nitrogens with zero attached hydrogens (tertiary/aromatic N) is 4. The van der Waals surface area contributed by atoms with Gasteiger partial charge in [0.1, 0.15) is 6.04 Å². The maximum atomic E-state index is 12.7. The van der Waals surface area contributed by atoms with E-state index in [-0.39, 0.29) is 16.8 Å². The van der Waals surface area contributed by atoms with E-state index in [1.807, 2.05) is 6.92 Å². The first-order valence-electron chi connectivity index (χ1n) is 9.59. The van der Waals surface area contributed by atoms with E-state index in [0.29, 0.717) is 23.9 Å². The lowest BCUT2D eigenvalue weighted by atomic mass is 10.2. The van der Waals surface area contributed by atoms with Crippen molar-refractivity contribution in [3.8, 4) is 0 Å². The molecule has 1 saturated heterocycles. The van der Waals surface area contributed by atoms with Crippen LogP contribution in [0.1, 0.15) is 39.2 Å². The second-order valence-electron chi connectivity index (χ2n) is 6.80. The maximum Gasteiger partial charge on any atom is 0.247 e. The molecule has 1 amide bonds. The van der Waals surface area contributed by atoms with Crippen molar-refractivity contribution in [2.45, 2.75) is 49.2 Å². The number of sulfonamides is 1. The number of carbonyl (C=O) groups is 1. The molecule has 1 fully saturated rings. The highest BCUT2D eigenvalue weighted by Gasteiger charge is 2.26. The Kier molecular flexibility index (Phi) is 6.81. The molecule has 1 unspecified atom stereocenters. The van der Waals surface area contributed by atoms with Crippen LogP contribution in [-0.4, -0.2) is 52.2 Å². The molecule has 1 aromatic heterocycles. The predicted molar refractivity (Wildman–Crippen MR) is 113 cm³/mol. The Balaban J connectivity index is 1.71. The van der Waals surface area contributed by atoms with Gasteiger partial charge in [-0.15, -0.1) is 10.2 Å². The number of hydrogen-bond donors (Lipinski definition) is 2. The summed E-state index contributed by atoms with van der Waals surface area (Å²) in [6.45, 7) is 4.79. The molecule has 0 spiro atoms. The summed E-state index contributed by atoms with van der Waals surface area (Å²) in [4.78, 5) is 12.9. The molecular formula is C18H26N6O3S2. The summed E-state index contributed by atoms with van der Waals surface area (Å²) in [5.74, 6) is 0.659. The second kappa shape index (κ2) is 9.14. The van der Waals surface area contributed by atoms with Crippen LogP contribution in [0, 0.1) is 0 Å². The molecule has 1 aliphatic rings. The third-order valence-electron chi connectivity index (χ3n) is 4.81. The topological polar surface area (TPSA) is 123 Å². The summed E-state index contributed by atoms with van der Waals surface area (Å²) in [7, 11) is -3.50. The summed E-state index contributed by atoms with van der Waals surface area (Å²) in [5, 5.41) is 11.2. The van der Waals surface area contributed by atoms with Gasteiger partial charge in [-0.05, 0) is 49.8 Å². The summed E-state index contributed by atoms with van der Waals surface area (Å²) < 4.78 is 28.6. The molecule has 0 bridgehead atoms. The summed E-state index contributed by atoms with van der Waals surface area (Å²) >= 11 is 1.45. The Bertz CT molecular complexity index is 952. The van der Waals surface area contributed by atoms with E-state index in [2.05, 4.69) is 15.5 Å². The van der Waals surface area contributed by atoms with E-state index >= 15 is 0 Å². The van der Waals surface area contributed by atoms with Crippen molar-refractivity contribution in [2.24, 2.45) is 0 Å². The average Bonchev–Trinajstić information content (AvgIpc) is 3.09. The monoisotopic (exact) mass is 438 g/mol. The van der Waals surface area contributed by atoms with Gasteiger partial charge in [-0.2, -0.15) is 4.31 Å². The maximum absolute atomic E-state index is 12.7.